The van der Waals surface area contributed by atoms with Gasteiger partial charge < -0.3 is 9.72 Å². The van der Waals surface area contributed by atoms with Gasteiger partial charge in [-0.15, -0.1) is 0 Å². The summed E-state index contributed by atoms with van der Waals surface area (Å²) in [6, 6.07) is 22.9. The molecule has 2 aromatic heterocycles. The van der Waals surface area contributed by atoms with Gasteiger partial charge in [-0.1, -0.05) is 60.1 Å². The number of pyridine rings is 1. The topological polar surface area (TPSA) is 67.9 Å². The van der Waals surface area contributed by atoms with Crippen molar-refractivity contribution in [1.29, 1.82) is 0 Å². The molecule has 0 atom stereocenters. The van der Waals surface area contributed by atoms with Gasteiger partial charge >= 0.3 is 5.97 Å². The fraction of sp³-hybridized carbons (Fsp3) is 0.0800. The fourth-order valence-electron chi connectivity index (χ4n) is 3.78. The van der Waals surface area contributed by atoms with Crippen LogP contribution in [0.3, 0.4) is 0 Å². The van der Waals surface area contributed by atoms with Crippen molar-refractivity contribution in [3.05, 3.63) is 83.4 Å². The van der Waals surface area contributed by atoms with Crippen molar-refractivity contribution in [3.8, 4) is 22.6 Å². The molecule has 0 saturated heterocycles. The predicted octanol–water partition coefficient (Wildman–Crippen LogP) is 6.28. The van der Waals surface area contributed by atoms with Gasteiger partial charge in [0, 0.05) is 16.0 Å². The van der Waals surface area contributed by atoms with Crippen molar-refractivity contribution in [2.24, 2.45) is 0 Å². The molecule has 152 valence electrons. The van der Waals surface area contributed by atoms with E-state index in [9.17, 15) is 4.79 Å². The van der Waals surface area contributed by atoms with Gasteiger partial charge in [-0.25, -0.2) is 14.8 Å². The average Bonchev–Trinajstić information content (AvgIpc) is 3.22. The number of nitrogens with one attached hydrogen (secondary N) is 1. The van der Waals surface area contributed by atoms with Gasteiger partial charge in [-0.2, -0.15) is 0 Å². The van der Waals surface area contributed by atoms with Crippen LogP contribution in [0.2, 0.25) is 5.02 Å². The van der Waals surface area contributed by atoms with E-state index in [-0.39, 0.29) is 6.61 Å². The number of fused-ring (bicyclic) bond motifs is 2. The van der Waals surface area contributed by atoms with E-state index in [4.69, 9.17) is 26.3 Å². The number of ether oxygens (including phenoxy) is 1. The molecule has 0 amide bonds. The summed E-state index contributed by atoms with van der Waals surface area (Å²) in [4.78, 5) is 26.0. The molecule has 0 bridgehead atoms. The average molecular weight is 428 g/mol. The van der Waals surface area contributed by atoms with Gasteiger partial charge in [0.05, 0.1) is 28.7 Å². The first-order valence-electron chi connectivity index (χ1n) is 9.96. The second-order valence-electron chi connectivity index (χ2n) is 7.06. The SMILES string of the molecule is CCOC(=O)c1c(-c2nc3ccccc3[nH]2)nc2cc(Cl)ccc2c1-c1ccccc1. The van der Waals surface area contributed by atoms with E-state index in [1.54, 1.807) is 19.1 Å². The fourth-order valence-corrected chi connectivity index (χ4v) is 3.95. The zero-order valence-corrected chi connectivity index (χ0v) is 17.5. The Hall–Kier alpha value is -3.70. The Balaban J connectivity index is 1.91. The zero-order chi connectivity index (χ0) is 21.4. The van der Waals surface area contributed by atoms with E-state index in [1.807, 2.05) is 60.7 Å². The Morgan fingerprint density at radius 2 is 1.74 bits per heavy atom. The van der Waals surface area contributed by atoms with Crippen LogP contribution < -0.4 is 0 Å². The number of aromatic amines is 1. The number of imidazole rings is 1. The summed E-state index contributed by atoms with van der Waals surface area (Å²) in [5.74, 6) is 0.0597. The number of halogens is 1. The maximum Gasteiger partial charge on any atom is 0.341 e. The Labute approximate surface area is 183 Å². The number of benzene rings is 3. The minimum absolute atomic E-state index is 0.255. The lowest BCUT2D eigenvalue weighted by Crippen LogP contribution is -2.11. The van der Waals surface area contributed by atoms with Crippen molar-refractivity contribution >= 4 is 39.5 Å². The highest BCUT2D eigenvalue weighted by Gasteiger charge is 2.26. The van der Waals surface area contributed by atoms with Crippen LogP contribution >= 0.6 is 11.6 Å². The van der Waals surface area contributed by atoms with Crippen LogP contribution in [-0.4, -0.2) is 27.5 Å². The van der Waals surface area contributed by atoms with Gasteiger partial charge in [0.1, 0.15) is 5.69 Å². The highest BCUT2D eigenvalue weighted by atomic mass is 35.5. The summed E-state index contributed by atoms with van der Waals surface area (Å²) >= 11 is 6.28. The molecule has 6 heteroatoms. The lowest BCUT2D eigenvalue weighted by molar-refractivity contribution is 0.0528. The van der Waals surface area contributed by atoms with Crippen LogP contribution in [0, 0.1) is 0 Å². The van der Waals surface area contributed by atoms with Gasteiger partial charge in [0.25, 0.3) is 0 Å². The quantitative estimate of drug-likeness (QED) is 0.343. The third kappa shape index (κ3) is 3.43. The van der Waals surface area contributed by atoms with Crippen LogP contribution in [-0.2, 0) is 4.74 Å². The number of nitrogens with zero attached hydrogens (tertiary/aromatic N) is 2. The van der Waals surface area contributed by atoms with Crippen LogP contribution in [0.15, 0.2) is 72.8 Å². The van der Waals surface area contributed by atoms with Crippen molar-refractivity contribution in [2.75, 3.05) is 6.61 Å². The van der Waals surface area contributed by atoms with Gasteiger partial charge in [-0.3, -0.25) is 0 Å². The maximum atomic E-state index is 13.2. The van der Waals surface area contributed by atoms with Crippen molar-refractivity contribution in [3.63, 3.8) is 0 Å². The normalized spacial score (nSPS) is 11.2. The van der Waals surface area contributed by atoms with Crippen molar-refractivity contribution < 1.29 is 9.53 Å². The van der Waals surface area contributed by atoms with E-state index >= 15 is 0 Å². The molecule has 0 aliphatic carbocycles. The Morgan fingerprint density at radius 3 is 2.52 bits per heavy atom. The Kier molecular flexibility index (Phi) is 4.88. The number of hydrogen-bond donors (Lipinski definition) is 1. The highest BCUT2D eigenvalue weighted by Crippen LogP contribution is 2.38. The molecular weight excluding hydrogens is 410 g/mol. The maximum absolute atomic E-state index is 13.2. The minimum Gasteiger partial charge on any atom is -0.462 e. The number of carbonyl (C=O) groups is 1. The first-order valence-corrected chi connectivity index (χ1v) is 10.3. The van der Waals surface area contributed by atoms with Crippen LogP contribution in [0.25, 0.3) is 44.6 Å². The molecule has 0 saturated carbocycles. The van der Waals surface area contributed by atoms with Gasteiger partial charge in [-0.05, 0) is 36.8 Å². The largest absolute Gasteiger partial charge is 0.462 e. The number of aromatic nitrogens is 3. The second kappa shape index (κ2) is 7.85. The summed E-state index contributed by atoms with van der Waals surface area (Å²) in [6.45, 7) is 2.04. The predicted molar refractivity (Wildman–Crippen MR) is 123 cm³/mol. The van der Waals surface area contributed by atoms with Crippen LogP contribution in [0.4, 0.5) is 0 Å². The molecule has 5 nitrogen and oxygen atoms in total. The Bertz CT molecular complexity index is 1390. The molecule has 3 aromatic carbocycles. The van der Waals surface area contributed by atoms with Gasteiger partial charge in [0.2, 0.25) is 0 Å². The van der Waals surface area contributed by atoms with E-state index in [1.165, 1.54) is 0 Å². The monoisotopic (exact) mass is 427 g/mol. The first kappa shape index (κ1) is 19.3. The van der Waals surface area contributed by atoms with Crippen molar-refractivity contribution in [1.82, 2.24) is 15.0 Å². The van der Waals surface area contributed by atoms with E-state index in [0.717, 1.165) is 27.5 Å². The van der Waals surface area contributed by atoms with Crippen LogP contribution in [0.5, 0.6) is 0 Å². The van der Waals surface area contributed by atoms with Crippen LogP contribution in [0.1, 0.15) is 17.3 Å². The highest BCUT2D eigenvalue weighted by molar-refractivity contribution is 6.31. The molecule has 0 fully saturated rings. The van der Waals surface area contributed by atoms with E-state index < -0.39 is 5.97 Å². The molecule has 0 aliphatic heterocycles. The number of hydrogen-bond acceptors (Lipinski definition) is 4. The number of carbonyl (C=O) groups excluding carboxylic acids is 1. The third-order valence-electron chi connectivity index (χ3n) is 5.10. The summed E-state index contributed by atoms with van der Waals surface area (Å²) in [6.07, 6.45) is 0. The van der Waals surface area contributed by atoms with E-state index in [0.29, 0.717) is 27.6 Å². The molecule has 1 N–H and O–H groups in total. The third-order valence-corrected chi connectivity index (χ3v) is 5.34. The summed E-state index contributed by atoms with van der Waals surface area (Å²) in [5.41, 5.74) is 4.77. The van der Waals surface area contributed by atoms with Crippen molar-refractivity contribution in [2.45, 2.75) is 6.92 Å². The van der Waals surface area contributed by atoms with E-state index in [2.05, 4.69) is 4.98 Å². The number of esters is 1. The summed E-state index contributed by atoms with van der Waals surface area (Å²) in [7, 11) is 0. The lowest BCUT2D eigenvalue weighted by Gasteiger charge is -2.16. The first-order chi connectivity index (χ1) is 15.2. The standard InChI is InChI=1S/C25H18ClN3O2/c1-2-31-25(30)22-21(15-8-4-3-5-9-15)17-13-12-16(26)14-20(17)27-23(22)24-28-18-10-6-7-11-19(18)29-24/h3-14H,2H2,1H3,(H,28,29). The van der Waals surface area contributed by atoms with Gasteiger partial charge in [0.15, 0.2) is 5.82 Å². The molecule has 0 spiro atoms. The molecule has 31 heavy (non-hydrogen) atoms. The number of para-hydroxylation sites is 2. The molecule has 0 radical (unpaired) electrons. The molecule has 5 aromatic rings. The molecular formula is C25H18ClN3O2. The number of H-pyrrole nitrogens is 1. The second-order valence-corrected chi connectivity index (χ2v) is 7.50. The summed E-state index contributed by atoms with van der Waals surface area (Å²) in [5, 5.41) is 1.39. The molecule has 0 aliphatic rings. The zero-order valence-electron chi connectivity index (χ0n) is 16.7. The minimum atomic E-state index is -0.443. The smallest absolute Gasteiger partial charge is 0.341 e. The molecule has 5 rings (SSSR count). The molecule has 0 unspecified atom stereocenters. The summed E-state index contributed by atoms with van der Waals surface area (Å²) < 4.78 is 5.45. The number of rotatable bonds is 4. The lowest BCUT2D eigenvalue weighted by atomic mass is 9.94. The Morgan fingerprint density at radius 1 is 0.968 bits per heavy atom. The molecule has 2 heterocycles.